The topological polar surface area (TPSA) is 36.7 Å². The molecule has 0 atom stereocenters. The third kappa shape index (κ3) is 2.14. The Morgan fingerprint density at radius 2 is 2.23 bits per heavy atom. The van der Waals surface area contributed by atoms with Crippen molar-refractivity contribution in [2.75, 3.05) is 0 Å². The summed E-state index contributed by atoms with van der Waals surface area (Å²) in [5.74, 6) is 0. The molecule has 6 heteroatoms. The Bertz CT molecular complexity index is 375. The van der Waals surface area contributed by atoms with Crippen LogP contribution in [-0.4, -0.2) is 4.98 Å². The first-order valence-corrected chi connectivity index (χ1v) is 4.97. The Hall–Kier alpha value is -0.290. The van der Waals surface area contributed by atoms with Crippen LogP contribution in [0.25, 0.3) is 0 Å². The van der Waals surface area contributed by atoms with Crippen molar-refractivity contribution in [3.05, 3.63) is 25.5 Å². The number of hydrogen-bond acceptors (Lipinski definition) is 2. The van der Waals surface area contributed by atoms with Gasteiger partial charge in [-0.25, -0.2) is 8.78 Å². The zero-order valence-corrected chi connectivity index (χ0v) is 9.80. The van der Waals surface area contributed by atoms with Gasteiger partial charge in [-0.15, -0.1) is 0 Å². The molecule has 2 nitrogen and oxygen atoms in total. The number of nitriles is 1. The van der Waals surface area contributed by atoms with Crippen LogP contribution in [0.4, 0.5) is 8.78 Å². The first-order chi connectivity index (χ1) is 6.07. The summed E-state index contributed by atoms with van der Waals surface area (Å²) in [7, 11) is 0. The van der Waals surface area contributed by atoms with Gasteiger partial charge in [0.05, 0.1) is 10.0 Å². The van der Waals surface area contributed by atoms with Crippen LogP contribution >= 0.6 is 38.5 Å². The molecule has 0 radical (unpaired) electrons. The van der Waals surface area contributed by atoms with Gasteiger partial charge in [0, 0.05) is 9.77 Å². The molecule has 0 bridgehead atoms. The van der Waals surface area contributed by atoms with Crippen LogP contribution in [0.15, 0.2) is 10.7 Å². The predicted molar refractivity (Wildman–Crippen MR) is 54.3 cm³/mol. The standard InChI is InChI=1S/C7H2BrF2IN2/c8-4-5(11)3(1-12)2-13-6(4)7(9)10/h2,7H. The van der Waals surface area contributed by atoms with Gasteiger partial charge in [0.15, 0.2) is 0 Å². The second-order valence-corrected chi connectivity index (χ2v) is 3.97. The Balaban J connectivity index is 3.33. The molecule has 68 valence electrons. The van der Waals surface area contributed by atoms with Crippen molar-refractivity contribution < 1.29 is 8.78 Å². The molecule has 0 amide bonds. The maximum atomic E-state index is 12.3. The largest absolute Gasteiger partial charge is 0.281 e. The molecule has 1 heterocycles. The van der Waals surface area contributed by atoms with E-state index in [2.05, 4.69) is 20.9 Å². The first kappa shape index (κ1) is 10.8. The number of rotatable bonds is 1. The van der Waals surface area contributed by atoms with E-state index in [-0.39, 0.29) is 15.7 Å². The third-order valence-corrected chi connectivity index (χ3v) is 3.98. The average Bonchev–Trinajstić information content (AvgIpc) is 2.09. The number of alkyl halides is 2. The van der Waals surface area contributed by atoms with Crippen molar-refractivity contribution in [3.8, 4) is 6.07 Å². The fourth-order valence-corrected chi connectivity index (χ4v) is 1.73. The minimum atomic E-state index is -2.63. The molecule has 1 aromatic heterocycles. The van der Waals surface area contributed by atoms with Crippen LogP contribution in [0, 0.1) is 14.9 Å². The molecule has 0 N–H and O–H groups in total. The van der Waals surface area contributed by atoms with E-state index in [0.29, 0.717) is 3.57 Å². The van der Waals surface area contributed by atoms with Crippen molar-refractivity contribution in [1.29, 1.82) is 5.26 Å². The highest BCUT2D eigenvalue weighted by atomic mass is 127. The molecule has 0 aromatic carbocycles. The zero-order valence-electron chi connectivity index (χ0n) is 6.06. The van der Waals surface area contributed by atoms with Crippen molar-refractivity contribution in [3.63, 3.8) is 0 Å². The minimum absolute atomic E-state index is 0.196. The molecule has 0 unspecified atom stereocenters. The van der Waals surface area contributed by atoms with Crippen LogP contribution in [0.2, 0.25) is 0 Å². The average molecular weight is 359 g/mol. The number of hydrogen-bond donors (Lipinski definition) is 0. The summed E-state index contributed by atoms with van der Waals surface area (Å²) >= 11 is 4.79. The molecule has 0 spiro atoms. The van der Waals surface area contributed by atoms with Crippen molar-refractivity contribution in [2.45, 2.75) is 6.43 Å². The van der Waals surface area contributed by atoms with Gasteiger partial charge in [0.1, 0.15) is 11.8 Å². The van der Waals surface area contributed by atoms with E-state index in [1.165, 1.54) is 0 Å². The quantitative estimate of drug-likeness (QED) is 0.722. The lowest BCUT2D eigenvalue weighted by molar-refractivity contribution is 0.145. The Morgan fingerprint density at radius 1 is 1.62 bits per heavy atom. The van der Waals surface area contributed by atoms with E-state index in [1.54, 1.807) is 0 Å². The summed E-state index contributed by atoms with van der Waals surface area (Å²) < 4.78 is 25.2. The number of pyridine rings is 1. The summed E-state index contributed by atoms with van der Waals surface area (Å²) in [6, 6.07) is 1.86. The van der Waals surface area contributed by atoms with E-state index in [1.807, 2.05) is 28.7 Å². The second kappa shape index (κ2) is 4.28. The maximum absolute atomic E-state index is 12.3. The van der Waals surface area contributed by atoms with Crippen molar-refractivity contribution >= 4 is 38.5 Å². The van der Waals surface area contributed by atoms with Gasteiger partial charge in [0.2, 0.25) is 0 Å². The Labute approximate surface area is 95.2 Å². The van der Waals surface area contributed by atoms with E-state index in [0.717, 1.165) is 6.20 Å². The molecule has 0 aliphatic heterocycles. The summed E-state index contributed by atoms with van der Waals surface area (Å²) in [6.45, 7) is 0. The zero-order chi connectivity index (χ0) is 10.0. The SMILES string of the molecule is N#Cc1cnc(C(F)F)c(Br)c1I. The lowest BCUT2D eigenvalue weighted by Gasteiger charge is -2.04. The lowest BCUT2D eigenvalue weighted by Crippen LogP contribution is -1.96. The van der Waals surface area contributed by atoms with Crippen molar-refractivity contribution in [1.82, 2.24) is 4.98 Å². The molecule has 0 saturated carbocycles. The van der Waals surface area contributed by atoms with Crippen LogP contribution in [-0.2, 0) is 0 Å². The summed E-state index contributed by atoms with van der Waals surface area (Å²) in [5.41, 5.74) is -0.0414. The molecule has 1 rings (SSSR count). The van der Waals surface area contributed by atoms with E-state index >= 15 is 0 Å². The van der Waals surface area contributed by atoms with Crippen LogP contribution in [0.5, 0.6) is 0 Å². The summed E-state index contributed by atoms with van der Waals surface area (Å²) in [6.07, 6.45) is -1.48. The highest BCUT2D eigenvalue weighted by Gasteiger charge is 2.17. The predicted octanol–water partition coefficient (Wildman–Crippen LogP) is 3.26. The highest BCUT2D eigenvalue weighted by Crippen LogP contribution is 2.30. The smallest absolute Gasteiger partial charge is 0.253 e. The lowest BCUT2D eigenvalue weighted by atomic mass is 10.3. The van der Waals surface area contributed by atoms with Gasteiger partial charge in [-0.2, -0.15) is 5.26 Å². The van der Waals surface area contributed by atoms with Gasteiger partial charge in [-0.1, -0.05) is 0 Å². The minimum Gasteiger partial charge on any atom is -0.253 e. The first-order valence-electron chi connectivity index (χ1n) is 3.10. The monoisotopic (exact) mass is 358 g/mol. The van der Waals surface area contributed by atoms with E-state index in [9.17, 15) is 8.78 Å². The molecule has 1 aromatic rings. The Morgan fingerprint density at radius 3 is 2.69 bits per heavy atom. The normalized spacial score (nSPS) is 10.2. The summed E-state index contributed by atoms with van der Waals surface area (Å²) in [4.78, 5) is 3.49. The van der Waals surface area contributed by atoms with Gasteiger partial charge >= 0.3 is 0 Å². The van der Waals surface area contributed by atoms with E-state index in [4.69, 9.17) is 5.26 Å². The molecule has 0 saturated heterocycles. The van der Waals surface area contributed by atoms with Gasteiger partial charge in [-0.05, 0) is 38.5 Å². The number of halogens is 4. The molecule has 0 fully saturated rings. The molecule has 0 aliphatic carbocycles. The molecule has 0 aliphatic rings. The Kier molecular flexibility index (Phi) is 3.55. The summed E-state index contributed by atoms with van der Waals surface area (Å²) in [5, 5.41) is 8.57. The van der Waals surface area contributed by atoms with Crippen LogP contribution in [0.1, 0.15) is 17.7 Å². The molecular weight excluding hydrogens is 357 g/mol. The molecule has 13 heavy (non-hydrogen) atoms. The van der Waals surface area contributed by atoms with Gasteiger partial charge in [0.25, 0.3) is 6.43 Å². The molecular formula is C7H2BrF2IN2. The van der Waals surface area contributed by atoms with Crippen LogP contribution in [0.3, 0.4) is 0 Å². The number of nitrogens with zero attached hydrogens (tertiary/aromatic N) is 2. The van der Waals surface area contributed by atoms with E-state index < -0.39 is 6.43 Å². The van der Waals surface area contributed by atoms with Gasteiger partial charge < -0.3 is 0 Å². The number of aromatic nitrogens is 1. The highest BCUT2D eigenvalue weighted by molar-refractivity contribution is 14.1. The van der Waals surface area contributed by atoms with Crippen molar-refractivity contribution in [2.24, 2.45) is 0 Å². The van der Waals surface area contributed by atoms with Gasteiger partial charge in [-0.3, -0.25) is 4.98 Å². The fraction of sp³-hybridized carbons (Fsp3) is 0.143. The maximum Gasteiger partial charge on any atom is 0.281 e. The third-order valence-electron chi connectivity index (χ3n) is 1.31. The second-order valence-electron chi connectivity index (χ2n) is 2.10. The van der Waals surface area contributed by atoms with Crippen LogP contribution < -0.4 is 0 Å². The fourth-order valence-electron chi connectivity index (χ4n) is 0.708.